The highest BCUT2D eigenvalue weighted by Crippen LogP contribution is 2.01. The molecule has 1 rings (SSSR count). The zero-order valence-electron chi connectivity index (χ0n) is 7.65. The average Bonchev–Trinajstić information content (AvgIpc) is 2.18. The first-order valence-corrected chi connectivity index (χ1v) is 3.93. The van der Waals surface area contributed by atoms with E-state index < -0.39 is 0 Å². The second-order valence-electron chi connectivity index (χ2n) is 2.55. The number of carbonyl (C=O) groups is 1. The highest BCUT2D eigenvalue weighted by molar-refractivity contribution is 6.45. The smallest absolute Gasteiger partial charge is 0.210 e. The molecule has 0 saturated carbocycles. The van der Waals surface area contributed by atoms with Gasteiger partial charge in [0.1, 0.15) is 12.8 Å². The first-order chi connectivity index (χ1) is 6.25. The van der Waals surface area contributed by atoms with Crippen LogP contribution >= 0.6 is 0 Å². The summed E-state index contributed by atoms with van der Waals surface area (Å²) in [5.41, 5.74) is 0.981. The average molecular weight is 177 g/mol. The molecule has 0 aromatic heterocycles. The van der Waals surface area contributed by atoms with Crippen LogP contribution in [0.25, 0.3) is 0 Å². The lowest BCUT2D eigenvalue weighted by atomic mass is 10.1. The van der Waals surface area contributed by atoms with Crippen LogP contribution in [0.15, 0.2) is 35.5 Å². The molecule has 13 heavy (non-hydrogen) atoms. The Balaban J connectivity index is 2.86. The van der Waals surface area contributed by atoms with Crippen molar-refractivity contribution in [3.05, 3.63) is 35.9 Å². The Bertz CT molecular complexity index is 317. The molecular formula is C10H11NO2. The molecule has 1 aromatic rings. The molecule has 3 nitrogen and oxygen atoms in total. The summed E-state index contributed by atoms with van der Waals surface area (Å²) in [6.07, 6.45) is 0. The Morgan fingerprint density at radius 1 is 1.31 bits per heavy atom. The normalized spacial score (nSPS) is 11.1. The summed E-state index contributed by atoms with van der Waals surface area (Å²) in [7, 11) is 1.42. The molecule has 0 saturated heterocycles. The molecule has 0 atom stereocenters. The monoisotopic (exact) mass is 177 g/mol. The van der Waals surface area contributed by atoms with Crippen molar-refractivity contribution in [3.8, 4) is 0 Å². The van der Waals surface area contributed by atoms with E-state index >= 15 is 0 Å². The Morgan fingerprint density at radius 2 is 1.92 bits per heavy atom. The maximum atomic E-state index is 11.5. The molecule has 0 bridgehead atoms. The number of Topliss-reactive ketones (excluding diaryl/α,β-unsaturated/α-hetero) is 1. The third-order valence-electron chi connectivity index (χ3n) is 1.59. The van der Waals surface area contributed by atoms with Crippen LogP contribution in [0.3, 0.4) is 0 Å². The molecule has 0 aliphatic heterocycles. The summed E-state index contributed by atoms with van der Waals surface area (Å²) in [6.45, 7) is 1.62. The third kappa shape index (κ3) is 2.40. The largest absolute Gasteiger partial charge is 0.399 e. The van der Waals surface area contributed by atoms with Gasteiger partial charge in [0.15, 0.2) is 0 Å². The summed E-state index contributed by atoms with van der Waals surface area (Å²) in [5, 5.41) is 3.57. The number of hydrogen-bond acceptors (Lipinski definition) is 3. The lowest BCUT2D eigenvalue weighted by Crippen LogP contribution is -2.10. The second-order valence-corrected chi connectivity index (χ2v) is 2.55. The number of oxime groups is 1. The Labute approximate surface area is 77.0 Å². The van der Waals surface area contributed by atoms with Crippen molar-refractivity contribution in [3.63, 3.8) is 0 Å². The predicted molar refractivity (Wildman–Crippen MR) is 50.9 cm³/mol. The number of ketones is 1. The first-order valence-electron chi connectivity index (χ1n) is 3.93. The molecule has 3 heteroatoms. The molecule has 0 heterocycles. The van der Waals surface area contributed by atoms with Gasteiger partial charge in [0, 0.05) is 5.56 Å². The SMILES string of the molecule is CON=C(C)C(=O)c1ccccc1. The number of carbonyl (C=O) groups excluding carboxylic acids is 1. The van der Waals surface area contributed by atoms with Gasteiger partial charge in [0.05, 0.1) is 0 Å². The van der Waals surface area contributed by atoms with Gasteiger partial charge in [-0.25, -0.2) is 0 Å². The molecule has 0 aliphatic carbocycles. The highest BCUT2D eigenvalue weighted by atomic mass is 16.6. The van der Waals surface area contributed by atoms with E-state index in [0.29, 0.717) is 11.3 Å². The minimum atomic E-state index is -0.109. The van der Waals surface area contributed by atoms with Crippen molar-refractivity contribution < 1.29 is 9.63 Å². The van der Waals surface area contributed by atoms with Gasteiger partial charge in [-0.15, -0.1) is 0 Å². The number of hydrogen-bond donors (Lipinski definition) is 0. The zero-order chi connectivity index (χ0) is 9.68. The standard InChI is InChI=1S/C10H11NO2/c1-8(11-13-2)10(12)9-6-4-3-5-7-9/h3-7H,1-2H3. The number of benzene rings is 1. The van der Waals surface area contributed by atoms with Crippen molar-refractivity contribution in [1.29, 1.82) is 0 Å². The maximum Gasteiger partial charge on any atom is 0.210 e. The van der Waals surface area contributed by atoms with Crippen LogP contribution in [0.4, 0.5) is 0 Å². The van der Waals surface area contributed by atoms with E-state index in [1.54, 1.807) is 19.1 Å². The third-order valence-corrected chi connectivity index (χ3v) is 1.59. The van der Waals surface area contributed by atoms with E-state index in [2.05, 4.69) is 9.99 Å². The van der Waals surface area contributed by atoms with E-state index in [-0.39, 0.29) is 5.78 Å². The lowest BCUT2D eigenvalue weighted by molar-refractivity contribution is 0.105. The molecule has 0 fully saturated rings. The van der Waals surface area contributed by atoms with Crippen molar-refractivity contribution in [2.45, 2.75) is 6.92 Å². The molecule has 0 N–H and O–H groups in total. The molecule has 1 aromatic carbocycles. The van der Waals surface area contributed by atoms with E-state index in [0.717, 1.165) is 0 Å². The molecule has 0 amide bonds. The summed E-state index contributed by atoms with van der Waals surface area (Å²) < 4.78 is 0. The number of nitrogens with zero attached hydrogens (tertiary/aromatic N) is 1. The van der Waals surface area contributed by atoms with E-state index in [1.807, 2.05) is 18.2 Å². The molecular weight excluding hydrogens is 166 g/mol. The fourth-order valence-corrected chi connectivity index (χ4v) is 0.977. The van der Waals surface area contributed by atoms with E-state index in [9.17, 15) is 4.79 Å². The highest BCUT2D eigenvalue weighted by Gasteiger charge is 2.08. The van der Waals surface area contributed by atoms with Gasteiger partial charge >= 0.3 is 0 Å². The quantitative estimate of drug-likeness (QED) is 0.401. The van der Waals surface area contributed by atoms with Gasteiger partial charge in [-0.1, -0.05) is 35.5 Å². The lowest BCUT2D eigenvalue weighted by Gasteiger charge is -1.98. The molecule has 0 radical (unpaired) electrons. The molecule has 68 valence electrons. The number of rotatable bonds is 3. The topological polar surface area (TPSA) is 38.7 Å². The van der Waals surface area contributed by atoms with Crippen molar-refractivity contribution >= 4 is 11.5 Å². The fourth-order valence-electron chi connectivity index (χ4n) is 0.977. The van der Waals surface area contributed by atoms with Gasteiger partial charge in [-0.2, -0.15) is 0 Å². The molecule has 0 spiro atoms. The van der Waals surface area contributed by atoms with Gasteiger partial charge < -0.3 is 4.84 Å². The van der Waals surface area contributed by atoms with Gasteiger partial charge in [0.2, 0.25) is 5.78 Å². The Morgan fingerprint density at radius 3 is 2.46 bits per heavy atom. The summed E-state index contributed by atoms with van der Waals surface area (Å²) in [4.78, 5) is 16.0. The van der Waals surface area contributed by atoms with Crippen LogP contribution in [0.1, 0.15) is 17.3 Å². The predicted octanol–water partition coefficient (Wildman–Crippen LogP) is 1.89. The van der Waals surface area contributed by atoms with Crippen LogP contribution < -0.4 is 0 Å². The van der Waals surface area contributed by atoms with Gasteiger partial charge in [0.25, 0.3) is 0 Å². The minimum absolute atomic E-state index is 0.109. The zero-order valence-corrected chi connectivity index (χ0v) is 7.65. The van der Waals surface area contributed by atoms with Crippen LogP contribution in [0.5, 0.6) is 0 Å². The van der Waals surface area contributed by atoms with Crippen molar-refractivity contribution in [2.24, 2.45) is 5.16 Å². The maximum absolute atomic E-state index is 11.5. The summed E-state index contributed by atoms with van der Waals surface area (Å²) in [5.74, 6) is -0.109. The van der Waals surface area contributed by atoms with Crippen molar-refractivity contribution in [2.75, 3.05) is 7.11 Å². The van der Waals surface area contributed by atoms with Crippen molar-refractivity contribution in [1.82, 2.24) is 0 Å². The van der Waals surface area contributed by atoms with Crippen LogP contribution in [0.2, 0.25) is 0 Å². The minimum Gasteiger partial charge on any atom is -0.399 e. The van der Waals surface area contributed by atoms with Crippen LogP contribution in [-0.2, 0) is 4.84 Å². The first kappa shape index (κ1) is 9.45. The second kappa shape index (κ2) is 4.40. The molecule has 0 aliphatic rings. The fraction of sp³-hybridized carbons (Fsp3) is 0.200. The Hall–Kier alpha value is -1.64. The van der Waals surface area contributed by atoms with Crippen LogP contribution in [0, 0.1) is 0 Å². The Kier molecular flexibility index (Phi) is 3.20. The van der Waals surface area contributed by atoms with E-state index in [1.165, 1.54) is 7.11 Å². The van der Waals surface area contributed by atoms with E-state index in [4.69, 9.17) is 0 Å². The summed E-state index contributed by atoms with van der Waals surface area (Å²) >= 11 is 0. The molecule has 0 unspecified atom stereocenters. The van der Waals surface area contributed by atoms with Crippen LogP contribution in [-0.4, -0.2) is 18.6 Å². The van der Waals surface area contributed by atoms with Gasteiger partial charge in [-0.05, 0) is 6.92 Å². The summed E-state index contributed by atoms with van der Waals surface area (Å²) in [6, 6.07) is 8.98. The van der Waals surface area contributed by atoms with Gasteiger partial charge in [-0.3, -0.25) is 4.79 Å².